The van der Waals surface area contributed by atoms with E-state index in [9.17, 15) is 9.59 Å². The first-order valence-corrected chi connectivity index (χ1v) is 7.01. The van der Waals surface area contributed by atoms with E-state index in [1.807, 2.05) is 6.92 Å². The Morgan fingerprint density at radius 2 is 2.21 bits per heavy atom. The number of hydrogen-bond acceptors (Lipinski definition) is 6. The average Bonchev–Trinajstić information content (AvgIpc) is 2.85. The van der Waals surface area contributed by atoms with Crippen molar-refractivity contribution in [2.75, 3.05) is 25.5 Å². The predicted molar refractivity (Wildman–Crippen MR) is 74.5 cm³/mol. The largest absolute Gasteiger partial charge is 0.461 e. The van der Waals surface area contributed by atoms with Crippen molar-refractivity contribution < 1.29 is 14.3 Å². The number of thiazole rings is 1. The summed E-state index contributed by atoms with van der Waals surface area (Å²) in [4.78, 5) is 29.2. The number of amides is 1. The molecule has 0 spiro atoms. The molecule has 1 aromatic rings. The summed E-state index contributed by atoms with van der Waals surface area (Å²) in [5.74, 6) is -0.513. The second-order valence-corrected chi connectivity index (χ2v) is 4.82. The highest BCUT2D eigenvalue weighted by molar-refractivity contribution is 7.14. The molecule has 1 N–H and O–H groups in total. The van der Waals surface area contributed by atoms with E-state index in [0.29, 0.717) is 18.2 Å². The number of anilines is 1. The molecule has 0 aromatic carbocycles. The number of rotatable bonds is 6. The Bertz CT molecular complexity index is 447. The van der Waals surface area contributed by atoms with Gasteiger partial charge in [-0.15, -0.1) is 11.3 Å². The van der Waals surface area contributed by atoms with E-state index in [1.54, 1.807) is 31.3 Å². The zero-order chi connectivity index (χ0) is 14.4. The van der Waals surface area contributed by atoms with Crippen molar-refractivity contribution in [3.05, 3.63) is 11.2 Å². The zero-order valence-electron chi connectivity index (χ0n) is 11.6. The van der Waals surface area contributed by atoms with E-state index in [1.165, 1.54) is 11.3 Å². The SMILES string of the molecule is CCOC(=O)c1ncsc1NC(C)C(=O)N(C)CC. The van der Waals surface area contributed by atoms with Gasteiger partial charge in [0.1, 0.15) is 11.0 Å². The summed E-state index contributed by atoms with van der Waals surface area (Å²) in [7, 11) is 1.74. The zero-order valence-corrected chi connectivity index (χ0v) is 12.4. The average molecular weight is 285 g/mol. The maximum atomic E-state index is 11.9. The molecule has 1 rings (SSSR count). The lowest BCUT2D eigenvalue weighted by Crippen LogP contribution is -2.38. The van der Waals surface area contributed by atoms with Crippen LogP contribution in [0.4, 0.5) is 5.00 Å². The quantitative estimate of drug-likeness (QED) is 0.804. The summed E-state index contributed by atoms with van der Waals surface area (Å²) in [5.41, 5.74) is 1.78. The van der Waals surface area contributed by atoms with E-state index in [0.717, 1.165) is 0 Å². The van der Waals surface area contributed by atoms with E-state index in [2.05, 4.69) is 10.3 Å². The van der Waals surface area contributed by atoms with Crippen molar-refractivity contribution in [3.63, 3.8) is 0 Å². The second kappa shape index (κ2) is 7.08. The van der Waals surface area contributed by atoms with Crippen LogP contribution < -0.4 is 5.32 Å². The lowest BCUT2D eigenvalue weighted by molar-refractivity contribution is -0.130. The van der Waals surface area contributed by atoms with Crippen molar-refractivity contribution in [1.29, 1.82) is 0 Å². The van der Waals surface area contributed by atoms with Gasteiger partial charge in [-0.2, -0.15) is 0 Å². The van der Waals surface area contributed by atoms with Crippen LogP contribution in [-0.4, -0.2) is 48.0 Å². The Hall–Kier alpha value is -1.63. The number of aromatic nitrogens is 1. The molecular formula is C12H19N3O3S. The third-order valence-corrected chi connectivity index (χ3v) is 3.36. The van der Waals surface area contributed by atoms with Gasteiger partial charge in [-0.25, -0.2) is 9.78 Å². The van der Waals surface area contributed by atoms with Gasteiger partial charge in [0.05, 0.1) is 12.1 Å². The third kappa shape index (κ3) is 3.92. The van der Waals surface area contributed by atoms with Crippen molar-refractivity contribution in [2.24, 2.45) is 0 Å². The molecule has 0 saturated heterocycles. The fraction of sp³-hybridized carbons (Fsp3) is 0.583. The van der Waals surface area contributed by atoms with Crippen molar-refractivity contribution in [3.8, 4) is 0 Å². The highest BCUT2D eigenvalue weighted by Gasteiger charge is 2.21. The minimum atomic E-state index is -0.477. The van der Waals surface area contributed by atoms with Gasteiger partial charge in [-0.3, -0.25) is 4.79 Å². The molecule has 0 aliphatic carbocycles. The van der Waals surface area contributed by atoms with Crippen molar-refractivity contribution >= 4 is 28.2 Å². The highest BCUT2D eigenvalue weighted by Crippen LogP contribution is 2.22. The summed E-state index contributed by atoms with van der Waals surface area (Å²) in [6.45, 7) is 6.32. The number of hydrogen-bond donors (Lipinski definition) is 1. The minimum absolute atomic E-state index is 0.0364. The van der Waals surface area contributed by atoms with E-state index < -0.39 is 12.0 Å². The van der Waals surface area contributed by atoms with Crippen LogP contribution >= 0.6 is 11.3 Å². The van der Waals surface area contributed by atoms with Crippen LogP contribution in [0.15, 0.2) is 5.51 Å². The van der Waals surface area contributed by atoms with E-state index in [-0.39, 0.29) is 11.6 Å². The summed E-state index contributed by atoms with van der Waals surface area (Å²) in [5, 5.41) is 3.57. The van der Waals surface area contributed by atoms with Gasteiger partial charge in [-0.1, -0.05) is 0 Å². The summed E-state index contributed by atoms with van der Waals surface area (Å²) in [6.07, 6.45) is 0. The Kier molecular flexibility index (Phi) is 5.75. The van der Waals surface area contributed by atoms with Crippen LogP contribution in [0.3, 0.4) is 0 Å². The Morgan fingerprint density at radius 3 is 2.79 bits per heavy atom. The Labute approximate surface area is 116 Å². The van der Waals surface area contributed by atoms with Crippen molar-refractivity contribution in [1.82, 2.24) is 9.88 Å². The van der Waals surface area contributed by atoms with Crippen molar-refractivity contribution in [2.45, 2.75) is 26.8 Å². The fourth-order valence-corrected chi connectivity index (χ4v) is 2.19. The number of ether oxygens (including phenoxy) is 1. The van der Waals surface area contributed by atoms with Crippen LogP contribution in [-0.2, 0) is 9.53 Å². The molecule has 0 aliphatic heterocycles. The van der Waals surface area contributed by atoms with Gasteiger partial charge >= 0.3 is 5.97 Å². The molecule has 1 atom stereocenters. The standard InChI is InChI=1S/C12H19N3O3S/c1-5-15(4)11(16)8(3)14-10-9(13-7-19-10)12(17)18-6-2/h7-8,14H,5-6H2,1-4H3. The topological polar surface area (TPSA) is 71.5 Å². The molecule has 19 heavy (non-hydrogen) atoms. The van der Waals surface area contributed by atoms with Gasteiger partial charge in [0.2, 0.25) is 5.91 Å². The van der Waals surface area contributed by atoms with Gasteiger partial charge in [-0.05, 0) is 20.8 Å². The number of esters is 1. The van der Waals surface area contributed by atoms with Gasteiger partial charge in [0.15, 0.2) is 5.69 Å². The first-order chi connectivity index (χ1) is 9.01. The van der Waals surface area contributed by atoms with Crippen LogP contribution in [0.5, 0.6) is 0 Å². The summed E-state index contributed by atoms with van der Waals surface area (Å²) < 4.78 is 4.91. The smallest absolute Gasteiger partial charge is 0.360 e. The van der Waals surface area contributed by atoms with Crippen LogP contribution in [0.25, 0.3) is 0 Å². The molecular weight excluding hydrogens is 266 g/mol. The van der Waals surface area contributed by atoms with Crippen LogP contribution in [0, 0.1) is 0 Å². The molecule has 1 heterocycles. The molecule has 0 fully saturated rings. The first-order valence-electron chi connectivity index (χ1n) is 6.13. The lowest BCUT2D eigenvalue weighted by atomic mass is 10.3. The van der Waals surface area contributed by atoms with E-state index >= 15 is 0 Å². The maximum Gasteiger partial charge on any atom is 0.360 e. The molecule has 1 unspecified atom stereocenters. The van der Waals surface area contributed by atoms with Gasteiger partial charge < -0.3 is 15.0 Å². The molecule has 0 saturated carbocycles. The van der Waals surface area contributed by atoms with Crippen LogP contribution in [0.1, 0.15) is 31.3 Å². The maximum absolute atomic E-state index is 11.9. The first kappa shape index (κ1) is 15.4. The number of nitrogens with zero attached hydrogens (tertiary/aromatic N) is 2. The molecule has 1 aromatic heterocycles. The number of likely N-dealkylation sites (N-methyl/N-ethyl adjacent to an activating group) is 1. The molecule has 7 heteroatoms. The predicted octanol–water partition coefficient (Wildman–Crippen LogP) is 1.60. The molecule has 0 bridgehead atoms. The molecule has 0 radical (unpaired) electrons. The van der Waals surface area contributed by atoms with Crippen LogP contribution in [0.2, 0.25) is 0 Å². The fourth-order valence-electron chi connectivity index (χ4n) is 1.44. The number of carbonyl (C=O) groups excluding carboxylic acids is 2. The molecule has 0 aliphatic rings. The van der Waals surface area contributed by atoms with E-state index in [4.69, 9.17) is 4.74 Å². The lowest BCUT2D eigenvalue weighted by Gasteiger charge is -2.20. The number of carbonyl (C=O) groups is 2. The molecule has 6 nitrogen and oxygen atoms in total. The Morgan fingerprint density at radius 1 is 1.53 bits per heavy atom. The normalized spacial score (nSPS) is 11.8. The second-order valence-electron chi connectivity index (χ2n) is 3.97. The monoisotopic (exact) mass is 285 g/mol. The number of nitrogens with one attached hydrogen (secondary N) is 1. The Balaban J connectivity index is 2.75. The molecule has 106 valence electrons. The van der Waals surface area contributed by atoms with Gasteiger partial charge in [0, 0.05) is 13.6 Å². The summed E-state index contributed by atoms with van der Waals surface area (Å²) in [6, 6.07) is -0.418. The van der Waals surface area contributed by atoms with Gasteiger partial charge in [0.25, 0.3) is 0 Å². The highest BCUT2D eigenvalue weighted by atomic mass is 32.1. The minimum Gasteiger partial charge on any atom is -0.461 e. The summed E-state index contributed by atoms with van der Waals surface area (Å²) >= 11 is 1.27. The molecule has 1 amide bonds. The third-order valence-electron chi connectivity index (χ3n) is 2.60.